The van der Waals surface area contributed by atoms with Gasteiger partial charge in [0.05, 0.1) is 19.8 Å². The highest BCUT2D eigenvalue weighted by Gasteiger charge is 2.28. The van der Waals surface area contributed by atoms with Gasteiger partial charge in [-0.05, 0) is 30.2 Å². The zero-order valence-electron chi connectivity index (χ0n) is 10.9. The molecule has 0 amide bonds. The van der Waals surface area contributed by atoms with E-state index in [0.717, 1.165) is 7.11 Å². The molecule has 104 valence electrons. The Balaban J connectivity index is 3.11. The molecule has 0 spiro atoms. The SMILES string of the molecule is COC(=O)c1ccc(C)c(C(O)C(O)C(=O)OC)c1. The molecule has 19 heavy (non-hydrogen) atoms. The molecule has 0 aliphatic rings. The van der Waals surface area contributed by atoms with Crippen LogP contribution in [0.25, 0.3) is 0 Å². The number of rotatable bonds is 4. The van der Waals surface area contributed by atoms with Gasteiger partial charge in [-0.1, -0.05) is 6.07 Å². The van der Waals surface area contributed by atoms with Crippen LogP contribution in [0.4, 0.5) is 0 Å². The second kappa shape index (κ2) is 6.31. The number of carbonyl (C=O) groups excluding carboxylic acids is 2. The minimum Gasteiger partial charge on any atom is -0.467 e. The van der Waals surface area contributed by atoms with Gasteiger partial charge in [-0.2, -0.15) is 0 Å². The minimum atomic E-state index is -1.71. The first kappa shape index (κ1) is 15.1. The van der Waals surface area contributed by atoms with Gasteiger partial charge >= 0.3 is 11.9 Å². The van der Waals surface area contributed by atoms with Gasteiger partial charge in [0.2, 0.25) is 0 Å². The molecule has 2 unspecified atom stereocenters. The summed E-state index contributed by atoms with van der Waals surface area (Å²) in [5, 5.41) is 19.6. The summed E-state index contributed by atoms with van der Waals surface area (Å²) in [6.45, 7) is 1.68. The van der Waals surface area contributed by atoms with Crippen LogP contribution in [0.15, 0.2) is 18.2 Å². The van der Waals surface area contributed by atoms with Crippen LogP contribution in [-0.2, 0) is 14.3 Å². The van der Waals surface area contributed by atoms with E-state index < -0.39 is 24.1 Å². The molecule has 2 atom stereocenters. The molecule has 0 radical (unpaired) electrons. The normalized spacial score (nSPS) is 13.5. The molecule has 0 aliphatic heterocycles. The van der Waals surface area contributed by atoms with Crippen molar-refractivity contribution in [2.45, 2.75) is 19.1 Å². The summed E-state index contributed by atoms with van der Waals surface area (Å²) < 4.78 is 8.92. The van der Waals surface area contributed by atoms with Crippen molar-refractivity contribution >= 4 is 11.9 Å². The van der Waals surface area contributed by atoms with Crippen molar-refractivity contribution in [3.8, 4) is 0 Å². The van der Waals surface area contributed by atoms with Crippen molar-refractivity contribution in [2.24, 2.45) is 0 Å². The lowest BCUT2D eigenvalue weighted by atomic mass is 9.97. The second-order valence-electron chi connectivity index (χ2n) is 3.98. The summed E-state index contributed by atoms with van der Waals surface area (Å²) in [5.41, 5.74) is 1.11. The number of aryl methyl sites for hydroxylation is 1. The molecule has 0 bridgehead atoms. The average molecular weight is 268 g/mol. The van der Waals surface area contributed by atoms with E-state index in [4.69, 9.17) is 0 Å². The lowest BCUT2D eigenvalue weighted by Gasteiger charge is -2.18. The van der Waals surface area contributed by atoms with Crippen molar-refractivity contribution in [3.63, 3.8) is 0 Å². The molecule has 1 rings (SSSR count). The van der Waals surface area contributed by atoms with Crippen LogP contribution >= 0.6 is 0 Å². The highest BCUT2D eigenvalue weighted by Crippen LogP contribution is 2.23. The van der Waals surface area contributed by atoms with Gasteiger partial charge < -0.3 is 19.7 Å². The molecule has 0 aromatic heterocycles. The summed E-state index contributed by atoms with van der Waals surface area (Å²) in [6, 6.07) is 4.49. The molecular formula is C13H16O6. The van der Waals surface area contributed by atoms with E-state index in [9.17, 15) is 19.8 Å². The zero-order valence-corrected chi connectivity index (χ0v) is 10.9. The Kier molecular flexibility index (Phi) is 5.02. The molecule has 0 saturated heterocycles. The van der Waals surface area contributed by atoms with Crippen LogP contribution in [0.1, 0.15) is 27.6 Å². The Hall–Kier alpha value is -1.92. The van der Waals surface area contributed by atoms with Gasteiger partial charge in [-0.15, -0.1) is 0 Å². The Bertz CT molecular complexity index is 482. The van der Waals surface area contributed by atoms with Crippen LogP contribution < -0.4 is 0 Å². The number of hydrogen-bond donors (Lipinski definition) is 2. The van der Waals surface area contributed by atoms with E-state index in [0.29, 0.717) is 5.56 Å². The van der Waals surface area contributed by atoms with Gasteiger partial charge in [-0.3, -0.25) is 0 Å². The van der Waals surface area contributed by atoms with Crippen LogP contribution in [-0.4, -0.2) is 42.5 Å². The van der Waals surface area contributed by atoms with Crippen molar-refractivity contribution in [2.75, 3.05) is 14.2 Å². The fourth-order valence-electron chi connectivity index (χ4n) is 1.62. The predicted octanol–water partition coefficient (Wildman–Crippen LogP) is 0.349. The van der Waals surface area contributed by atoms with Crippen LogP contribution in [0, 0.1) is 6.92 Å². The minimum absolute atomic E-state index is 0.221. The number of hydrogen-bond acceptors (Lipinski definition) is 6. The zero-order chi connectivity index (χ0) is 14.6. The van der Waals surface area contributed by atoms with Gasteiger partial charge in [0.25, 0.3) is 0 Å². The summed E-state index contributed by atoms with van der Waals surface area (Å²) in [7, 11) is 2.34. The molecule has 6 nitrogen and oxygen atoms in total. The number of ether oxygens (including phenoxy) is 2. The topological polar surface area (TPSA) is 93.1 Å². The molecule has 0 aliphatic carbocycles. The third kappa shape index (κ3) is 3.30. The average Bonchev–Trinajstić information content (AvgIpc) is 2.44. The maximum Gasteiger partial charge on any atom is 0.337 e. The first-order chi connectivity index (χ1) is 8.92. The lowest BCUT2D eigenvalue weighted by Crippen LogP contribution is -2.29. The first-order valence-electron chi connectivity index (χ1n) is 5.55. The summed E-state index contributed by atoms with van der Waals surface area (Å²) in [4.78, 5) is 22.6. The van der Waals surface area contributed by atoms with Gasteiger partial charge in [0, 0.05) is 0 Å². The standard InChI is InChI=1S/C13H16O6/c1-7-4-5-8(12(16)18-2)6-9(7)10(14)11(15)13(17)19-3/h4-6,10-11,14-15H,1-3H3. The van der Waals surface area contributed by atoms with Crippen LogP contribution in [0.5, 0.6) is 0 Å². The number of methoxy groups -OCH3 is 2. The first-order valence-corrected chi connectivity index (χ1v) is 5.55. The van der Waals surface area contributed by atoms with E-state index in [-0.39, 0.29) is 11.1 Å². The fraction of sp³-hybridized carbons (Fsp3) is 0.385. The molecule has 1 aromatic rings. The highest BCUT2D eigenvalue weighted by atomic mass is 16.5. The van der Waals surface area contributed by atoms with Gasteiger partial charge in [-0.25, -0.2) is 9.59 Å². The maximum atomic E-state index is 11.4. The maximum absolute atomic E-state index is 11.4. The summed E-state index contributed by atoms with van der Waals surface area (Å²) >= 11 is 0. The third-order valence-electron chi connectivity index (χ3n) is 2.76. The van der Waals surface area contributed by atoms with Crippen molar-refractivity contribution in [3.05, 3.63) is 34.9 Å². The number of benzene rings is 1. The highest BCUT2D eigenvalue weighted by molar-refractivity contribution is 5.89. The number of esters is 2. The Labute approximate surface area is 110 Å². The van der Waals surface area contributed by atoms with Crippen molar-refractivity contribution in [1.82, 2.24) is 0 Å². The van der Waals surface area contributed by atoms with E-state index in [1.807, 2.05) is 0 Å². The quantitative estimate of drug-likeness (QED) is 0.765. The van der Waals surface area contributed by atoms with Crippen molar-refractivity contribution in [1.29, 1.82) is 0 Å². The predicted molar refractivity (Wildman–Crippen MR) is 65.5 cm³/mol. The van der Waals surface area contributed by atoms with E-state index in [2.05, 4.69) is 9.47 Å². The molecular weight excluding hydrogens is 252 g/mol. The molecule has 2 N–H and O–H groups in total. The number of aliphatic hydroxyl groups excluding tert-OH is 2. The van der Waals surface area contributed by atoms with Crippen molar-refractivity contribution < 1.29 is 29.3 Å². The Morgan fingerprint density at radius 1 is 1.16 bits per heavy atom. The second-order valence-corrected chi connectivity index (χ2v) is 3.98. The van der Waals surface area contributed by atoms with E-state index >= 15 is 0 Å². The summed E-state index contributed by atoms with van der Waals surface area (Å²) in [6.07, 6.45) is -3.19. The molecule has 6 heteroatoms. The fourth-order valence-corrected chi connectivity index (χ4v) is 1.62. The molecule has 1 aromatic carbocycles. The van der Waals surface area contributed by atoms with Crippen LogP contribution in [0.3, 0.4) is 0 Å². The molecule has 0 fully saturated rings. The largest absolute Gasteiger partial charge is 0.467 e. The monoisotopic (exact) mass is 268 g/mol. The van der Waals surface area contributed by atoms with Gasteiger partial charge in [0.1, 0.15) is 6.10 Å². The smallest absolute Gasteiger partial charge is 0.337 e. The van der Waals surface area contributed by atoms with Gasteiger partial charge in [0.15, 0.2) is 6.10 Å². The molecule has 0 heterocycles. The molecule has 0 saturated carbocycles. The summed E-state index contributed by atoms with van der Waals surface area (Å²) in [5.74, 6) is -1.52. The van der Waals surface area contributed by atoms with E-state index in [1.165, 1.54) is 19.2 Å². The number of aliphatic hydroxyl groups is 2. The lowest BCUT2D eigenvalue weighted by molar-refractivity contribution is -0.156. The Morgan fingerprint density at radius 3 is 2.32 bits per heavy atom. The third-order valence-corrected chi connectivity index (χ3v) is 2.76. The van der Waals surface area contributed by atoms with E-state index in [1.54, 1.807) is 13.0 Å². The number of carbonyl (C=O) groups is 2. The Morgan fingerprint density at radius 2 is 1.79 bits per heavy atom. The van der Waals surface area contributed by atoms with Crippen LogP contribution in [0.2, 0.25) is 0 Å².